The van der Waals surface area contributed by atoms with Gasteiger partial charge < -0.3 is 16.8 Å². The minimum atomic E-state index is -4.00. The van der Waals surface area contributed by atoms with Crippen LogP contribution in [0.3, 0.4) is 0 Å². The fourth-order valence-corrected chi connectivity index (χ4v) is 5.22. The SMILES string of the molecule is CC(C)c1cc(-c2ccccc2)cc(-c2ccccc2)[n+]1CCC(=O)Nc1ccc(S(=O)(=O)N=C(N)N)cc1. The lowest BCUT2D eigenvalue weighted by molar-refractivity contribution is -0.693. The van der Waals surface area contributed by atoms with Gasteiger partial charge in [0.1, 0.15) is 0 Å². The van der Waals surface area contributed by atoms with Gasteiger partial charge in [-0.3, -0.25) is 4.79 Å². The number of rotatable bonds is 9. The normalized spacial score (nSPS) is 11.3. The van der Waals surface area contributed by atoms with Crippen molar-refractivity contribution in [3.63, 3.8) is 0 Å². The van der Waals surface area contributed by atoms with Crippen LogP contribution in [0.15, 0.2) is 106 Å². The van der Waals surface area contributed by atoms with Crippen LogP contribution in [0.4, 0.5) is 5.69 Å². The zero-order chi connectivity index (χ0) is 28.0. The van der Waals surface area contributed by atoms with Crippen molar-refractivity contribution in [3.8, 4) is 22.4 Å². The first-order valence-electron chi connectivity index (χ1n) is 12.6. The summed E-state index contributed by atoms with van der Waals surface area (Å²) < 4.78 is 29.8. The Labute approximate surface area is 229 Å². The van der Waals surface area contributed by atoms with E-state index in [4.69, 9.17) is 11.5 Å². The van der Waals surface area contributed by atoms with Gasteiger partial charge in [0.2, 0.25) is 17.6 Å². The van der Waals surface area contributed by atoms with E-state index in [2.05, 4.69) is 64.5 Å². The van der Waals surface area contributed by atoms with Gasteiger partial charge in [-0.05, 0) is 47.5 Å². The van der Waals surface area contributed by atoms with Gasteiger partial charge in [0.15, 0.2) is 12.2 Å². The maximum absolute atomic E-state index is 12.9. The molecule has 0 saturated carbocycles. The number of carbonyl (C=O) groups excluding carboxylic acids is 1. The van der Waals surface area contributed by atoms with E-state index in [0.29, 0.717) is 12.2 Å². The molecule has 8 nitrogen and oxygen atoms in total. The number of pyridine rings is 1. The minimum absolute atomic E-state index is 0.0722. The standard InChI is InChI=1S/C30H31N5O3S/c1-21(2)27-19-24(22-9-5-3-6-10-22)20-28(23-11-7-4-8-12-23)35(27)18-17-29(36)33-25-13-15-26(16-14-25)39(37,38)34-30(31)32/h3-16,19-21H,17-18H2,1-2H3,(H4-,31,32,33,34,36)/p+1. The maximum atomic E-state index is 12.9. The number of nitrogens with one attached hydrogen (secondary N) is 1. The average molecular weight is 543 g/mol. The van der Waals surface area contributed by atoms with Gasteiger partial charge in [0.25, 0.3) is 10.0 Å². The highest BCUT2D eigenvalue weighted by Crippen LogP contribution is 2.27. The molecule has 0 aliphatic heterocycles. The number of hydrogen-bond donors (Lipinski definition) is 3. The summed E-state index contributed by atoms with van der Waals surface area (Å²) in [5.74, 6) is -0.514. The Kier molecular flexibility index (Phi) is 8.41. The number of amides is 1. The quantitative estimate of drug-likeness (QED) is 0.164. The Bertz CT molecular complexity index is 1580. The molecule has 0 unspecified atom stereocenters. The number of guanidine groups is 1. The molecule has 0 saturated heterocycles. The molecule has 9 heteroatoms. The summed E-state index contributed by atoms with van der Waals surface area (Å²) >= 11 is 0. The van der Waals surface area contributed by atoms with Crippen LogP contribution in [-0.2, 0) is 21.4 Å². The Morgan fingerprint density at radius 2 is 1.44 bits per heavy atom. The van der Waals surface area contributed by atoms with Crippen LogP contribution in [-0.4, -0.2) is 20.3 Å². The van der Waals surface area contributed by atoms with Gasteiger partial charge in [-0.1, -0.05) is 62.4 Å². The second-order valence-corrected chi connectivity index (χ2v) is 11.0. The van der Waals surface area contributed by atoms with E-state index in [9.17, 15) is 13.2 Å². The third-order valence-corrected chi connectivity index (χ3v) is 7.51. The minimum Gasteiger partial charge on any atom is -0.369 e. The topological polar surface area (TPSA) is 132 Å². The van der Waals surface area contributed by atoms with Crippen molar-refractivity contribution in [1.29, 1.82) is 0 Å². The van der Waals surface area contributed by atoms with Crippen molar-refractivity contribution >= 4 is 27.6 Å². The molecule has 200 valence electrons. The number of sulfonamides is 1. The molecule has 0 aliphatic rings. The Morgan fingerprint density at radius 3 is 2.00 bits per heavy atom. The molecular weight excluding hydrogens is 510 g/mol. The Morgan fingerprint density at radius 1 is 0.846 bits per heavy atom. The van der Waals surface area contributed by atoms with Crippen LogP contribution in [0.1, 0.15) is 31.9 Å². The van der Waals surface area contributed by atoms with E-state index in [1.165, 1.54) is 24.3 Å². The summed E-state index contributed by atoms with van der Waals surface area (Å²) in [7, 11) is -4.00. The Hall–Kier alpha value is -4.50. The van der Waals surface area contributed by atoms with Crippen molar-refractivity contribution in [3.05, 3.63) is 103 Å². The molecule has 4 aromatic rings. The van der Waals surface area contributed by atoms with Crippen molar-refractivity contribution in [2.24, 2.45) is 15.9 Å². The lowest BCUT2D eigenvalue weighted by atomic mass is 9.98. The van der Waals surface area contributed by atoms with E-state index in [-0.39, 0.29) is 23.1 Å². The van der Waals surface area contributed by atoms with Gasteiger partial charge in [-0.25, -0.2) is 0 Å². The predicted octanol–water partition coefficient (Wildman–Crippen LogP) is 4.42. The highest BCUT2D eigenvalue weighted by Gasteiger charge is 2.24. The zero-order valence-corrected chi connectivity index (χ0v) is 22.7. The molecular formula is C30H32N5O3S+. The van der Waals surface area contributed by atoms with Crippen LogP contribution < -0.4 is 21.4 Å². The second kappa shape index (κ2) is 11.9. The molecule has 1 amide bonds. The van der Waals surface area contributed by atoms with E-state index in [1.807, 2.05) is 36.4 Å². The zero-order valence-electron chi connectivity index (χ0n) is 21.9. The van der Waals surface area contributed by atoms with Crippen molar-refractivity contribution < 1.29 is 17.8 Å². The van der Waals surface area contributed by atoms with Crippen molar-refractivity contribution in [2.75, 3.05) is 5.32 Å². The third-order valence-electron chi connectivity index (χ3n) is 6.19. The molecule has 5 N–H and O–H groups in total. The molecule has 0 bridgehead atoms. The number of aromatic nitrogens is 1. The van der Waals surface area contributed by atoms with Gasteiger partial charge in [0.05, 0.1) is 11.3 Å². The molecule has 4 rings (SSSR count). The largest absolute Gasteiger partial charge is 0.369 e. The molecule has 39 heavy (non-hydrogen) atoms. The van der Waals surface area contributed by atoms with Gasteiger partial charge >= 0.3 is 0 Å². The lowest BCUT2D eigenvalue weighted by Gasteiger charge is -2.14. The number of carbonyl (C=O) groups is 1. The number of benzene rings is 3. The lowest BCUT2D eigenvalue weighted by Crippen LogP contribution is -2.43. The van der Waals surface area contributed by atoms with Crippen molar-refractivity contribution in [1.82, 2.24) is 0 Å². The number of nitrogens with two attached hydrogens (primary N) is 2. The summed E-state index contributed by atoms with van der Waals surface area (Å²) in [4.78, 5) is 12.9. The predicted molar refractivity (Wildman–Crippen MR) is 154 cm³/mol. The monoisotopic (exact) mass is 542 g/mol. The van der Waals surface area contributed by atoms with E-state index in [1.54, 1.807) is 0 Å². The van der Waals surface area contributed by atoms with Gasteiger partial charge in [-0.15, -0.1) is 4.40 Å². The van der Waals surface area contributed by atoms with E-state index in [0.717, 1.165) is 28.1 Å². The van der Waals surface area contributed by atoms with Crippen LogP contribution in [0, 0.1) is 0 Å². The van der Waals surface area contributed by atoms with Crippen LogP contribution in [0.5, 0.6) is 0 Å². The van der Waals surface area contributed by atoms with E-state index < -0.39 is 16.0 Å². The summed E-state index contributed by atoms with van der Waals surface area (Å²) in [6, 6.07) is 30.5. The molecule has 1 heterocycles. The molecule has 1 aromatic heterocycles. The first-order chi connectivity index (χ1) is 18.6. The maximum Gasteiger partial charge on any atom is 0.285 e. The Balaban J connectivity index is 1.60. The average Bonchev–Trinajstić information content (AvgIpc) is 2.92. The van der Waals surface area contributed by atoms with Crippen molar-refractivity contribution in [2.45, 2.75) is 37.6 Å². The number of anilines is 1. The summed E-state index contributed by atoms with van der Waals surface area (Å²) in [6.07, 6.45) is 0.225. The molecule has 0 radical (unpaired) electrons. The summed E-state index contributed by atoms with van der Waals surface area (Å²) in [5.41, 5.74) is 16.3. The fraction of sp³-hybridized carbons (Fsp3) is 0.167. The first-order valence-corrected chi connectivity index (χ1v) is 14.0. The third kappa shape index (κ3) is 6.88. The first kappa shape index (κ1) is 27.5. The smallest absolute Gasteiger partial charge is 0.285 e. The molecule has 3 aromatic carbocycles. The molecule has 0 aliphatic carbocycles. The van der Waals surface area contributed by atoms with Crippen LogP contribution in [0.2, 0.25) is 0 Å². The highest BCUT2D eigenvalue weighted by atomic mass is 32.2. The van der Waals surface area contributed by atoms with Crippen LogP contribution >= 0.6 is 0 Å². The second-order valence-electron chi connectivity index (χ2n) is 9.41. The number of hydrogen-bond acceptors (Lipinski definition) is 3. The van der Waals surface area contributed by atoms with E-state index >= 15 is 0 Å². The molecule has 0 spiro atoms. The van der Waals surface area contributed by atoms with Gasteiger partial charge in [-0.2, -0.15) is 13.0 Å². The molecule has 0 atom stereocenters. The summed E-state index contributed by atoms with van der Waals surface area (Å²) in [6.45, 7) is 4.76. The fourth-order valence-electron chi connectivity index (χ4n) is 4.35. The van der Waals surface area contributed by atoms with Crippen LogP contribution in [0.25, 0.3) is 22.4 Å². The summed E-state index contributed by atoms with van der Waals surface area (Å²) in [5, 5.41) is 2.84. The molecule has 0 fully saturated rings. The highest BCUT2D eigenvalue weighted by molar-refractivity contribution is 7.90. The van der Waals surface area contributed by atoms with Gasteiger partial charge in [0, 0.05) is 29.3 Å². The number of nitrogens with zero attached hydrogens (tertiary/aromatic N) is 2.